The summed E-state index contributed by atoms with van der Waals surface area (Å²) in [5.74, 6) is -0.756. The van der Waals surface area contributed by atoms with Gasteiger partial charge in [-0.15, -0.1) is 0 Å². The molecule has 5 aromatic rings. The van der Waals surface area contributed by atoms with E-state index in [1.54, 1.807) is 48.5 Å². The topological polar surface area (TPSA) is 95.5 Å². The van der Waals surface area contributed by atoms with Crippen molar-refractivity contribution in [3.8, 4) is 5.75 Å². The first-order valence-electron chi connectivity index (χ1n) is 10.9. The minimum atomic E-state index is -0.716. The maximum Gasteiger partial charge on any atom is 0.332 e. The summed E-state index contributed by atoms with van der Waals surface area (Å²) >= 11 is 5.78. The second-order valence-electron chi connectivity index (χ2n) is 8.06. The molecule has 0 saturated carbocycles. The van der Waals surface area contributed by atoms with Gasteiger partial charge >= 0.3 is 5.69 Å². The van der Waals surface area contributed by atoms with Gasteiger partial charge in [0.1, 0.15) is 29.2 Å². The zero-order chi connectivity index (χ0) is 25.4. The van der Waals surface area contributed by atoms with Gasteiger partial charge in [-0.05, 0) is 48.0 Å². The van der Waals surface area contributed by atoms with Gasteiger partial charge in [-0.3, -0.25) is 18.7 Å². The van der Waals surface area contributed by atoms with Crippen LogP contribution in [0.15, 0.2) is 80.7 Å². The first kappa shape index (κ1) is 23.4. The maximum absolute atomic E-state index is 14.2. The number of anilines is 1. The minimum absolute atomic E-state index is 0.0535. The van der Waals surface area contributed by atoms with Crippen LogP contribution in [0.1, 0.15) is 5.56 Å². The van der Waals surface area contributed by atoms with E-state index in [2.05, 4.69) is 5.32 Å². The molecule has 0 aliphatic carbocycles. The van der Waals surface area contributed by atoms with Crippen molar-refractivity contribution in [2.75, 3.05) is 12.4 Å². The Hall–Kier alpha value is -4.37. The minimum Gasteiger partial charge on any atom is -0.497 e. The molecule has 36 heavy (non-hydrogen) atoms. The Labute approximate surface area is 208 Å². The number of aromatic nitrogens is 2. The summed E-state index contributed by atoms with van der Waals surface area (Å²) in [6.07, 6.45) is 0. The Morgan fingerprint density at radius 3 is 2.53 bits per heavy atom. The second kappa shape index (κ2) is 9.35. The third kappa shape index (κ3) is 4.25. The Kier molecular flexibility index (Phi) is 6.07. The molecule has 0 atom stereocenters. The summed E-state index contributed by atoms with van der Waals surface area (Å²) in [4.78, 5) is 39.8. The quantitative estimate of drug-likeness (QED) is 0.367. The number of methoxy groups -OCH3 is 1. The van der Waals surface area contributed by atoms with Crippen LogP contribution in [0.2, 0.25) is 5.02 Å². The van der Waals surface area contributed by atoms with Gasteiger partial charge in [0.05, 0.1) is 19.3 Å². The van der Waals surface area contributed by atoms with Crippen LogP contribution in [0.4, 0.5) is 10.1 Å². The van der Waals surface area contributed by atoms with E-state index < -0.39 is 29.5 Å². The predicted molar refractivity (Wildman–Crippen MR) is 134 cm³/mol. The number of carbonyl (C=O) groups excluding carboxylic acids is 1. The van der Waals surface area contributed by atoms with Gasteiger partial charge in [0.2, 0.25) is 11.5 Å². The number of nitrogens with one attached hydrogen (secondary N) is 1. The number of hydrogen-bond donors (Lipinski definition) is 1. The Bertz CT molecular complexity index is 1740. The van der Waals surface area contributed by atoms with Crippen molar-refractivity contribution < 1.29 is 18.3 Å². The van der Waals surface area contributed by atoms with Crippen molar-refractivity contribution in [2.45, 2.75) is 13.1 Å². The molecule has 0 bridgehead atoms. The van der Waals surface area contributed by atoms with Gasteiger partial charge in [-0.1, -0.05) is 35.9 Å². The smallest absolute Gasteiger partial charge is 0.332 e. The van der Waals surface area contributed by atoms with Crippen LogP contribution in [-0.2, 0) is 17.9 Å². The molecule has 0 fully saturated rings. The van der Waals surface area contributed by atoms with Gasteiger partial charge in [-0.25, -0.2) is 9.18 Å². The molecule has 3 aromatic carbocycles. The number of halogens is 2. The molecule has 0 radical (unpaired) electrons. The third-order valence-corrected chi connectivity index (χ3v) is 5.98. The lowest BCUT2D eigenvalue weighted by Gasteiger charge is -2.13. The first-order chi connectivity index (χ1) is 17.4. The molecule has 2 aromatic heterocycles. The van der Waals surface area contributed by atoms with Crippen LogP contribution in [0.5, 0.6) is 5.75 Å². The predicted octanol–water partition coefficient (Wildman–Crippen LogP) is 4.40. The molecule has 0 unspecified atom stereocenters. The van der Waals surface area contributed by atoms with Crippen molar-refractivity contribution in [3.05, 3.63) is 104 Å². The summed E-state index contributed by atoms with van der Waals surface area (Å²) in [7, 11) is 1.54. The fourth-order valence-corrected chi connectivity index (χ4v) is 4.18. The SMILES string of the molecule is COc1ccc(Cn2c(=O)c3oc4ccccc4c3n(CC(=O)Nc3ccc(Cl)cc3F)c2=O)cc1. The van der Waals surface area contributed by atoms with Crippen molar-refractivity contribution in [1.82, 2.24) is 9.13 Å². The number of rotatable bonds is 6. The lowest BCUT2D eigenvalue weighted by molar-refractivity contribution is -0.116. The van der Waals surface area contributed by atoms with E-state index in [9.17, 15) is 18.8 Å². The zero-order valence-electron chi connectivity index (χ0n) is 19.0. The van der Waals surface area contributed by atoms with Crippen molar-refractivity contribution in [3.63, 3.8) is 0 Å². The Morgan fingerprint density at radius 2 is 1.81 bits per heavy atom. The van der Waals surface area contributed by atoms with Gasteiger partial charge in [0, 0.05) is 10.4 Å². The summed E-state index contributed by atoms with van der Waals surface area (Å²) < 4.78 is 27.3. The molecule has 2 heterocycles. The number of amides is 1. The van der Waals surface area contributed by atoms with E-state index in [0.29, 0.717) is 22.3 Å². The summed E-state index contributed by atoms with van der Waals surface area (Å²) in [6, 6.07) is 17.6. The average molecular weight is 508 g/mol. The van der Waals surface area contributed by atoms with Crippen molar-refractivity contribution in [1.29, 1.82) is 0 Å². The normalized spacial score (nSPS) is 11.2. The second-order valence-corrected chi connectivity index (χ2v) is 8.49. The largest absolute Gasteiger partial charge is 0.497 e. The number of ether oxygens (including phenoxy) is 1. The van der Waals surface area contributed by atoms with Crippen LogP contribution >= 0.6 is 11.6 Å². The molecule has 1 N–H and O–H groups in total. The Balaban J connectivity index is 1.62. The maximum atomic E-state index is 14.2. The number of carbonyl (C=O) groups is 1. The number of nitrogens with zero attached hydrogens (tertiary/aromatic N) is 2. The molecule has 5 rings (SSSR count). The number of benzene rings is 3. The highest BCUT2D eigenvalue weighted by Gasteiger charge is 2.22. The molecule has 10 heteroatoms. The molecular formula is C26H19ClFN3O5. The monoisotopic (exact) mass is 507 g/mol. The Morgan fingerprint density at radius 1 is 1.06 bits per heavy atom. The highest BCUT2D eigenvalue weighted by atomic mass is 35.5. The van der Waals surface area contributed by atoms with Gasteiger partial charge in [0.25, 0.3) is 5.56 Å². The standard InChI is InChI=1S/C26H19ClFN3O5/c1-35-17-9-6-15(7-10-17)13-31-25(33)24-23(18-4-2-3-5-21(18)36-24)30(26(31)34)14-22(32)29-20-11-8-16(27)12-19(20)28/h2-12H,13-14H2,1H3,(H,29,32). The van der Waals surface area contributed by atoms with Crippen LogP contribution < -0.4 is 21.3 Å². The lowest BCUT2D eigenvalue weighted by atomic mass is 10.2. The number of fused-ring (bicyclic) bond motifs is 3. The van der Waals surface area contributed by atoms with Crippen LogP contribution in [0.25, 0.3) is 22.1 Å². The lowest BCUT2D eigenvalue weighted by Crippen LogP contribution is -2.41. The van der Waals surface area contributed by atoms with Crippen LogP contribution in [0.3, 0.4) is 0 Å². The van der Waals surface area contributed by atoms with Gasteiger partial charge in [0.15, 0.2) is 0 Å². The first-order valence-corrected chi connectivity index (χ1v) is 11.3. The zero-order valence-corrected chi connectivity index (χ0v) is 19.7. The summed E-state index contributed by atoms with van der Waals surface area (Å²) in [6.45, 7) is -0.536. The number of para-hydroxylation sites is 1. The fourth-order valence-electron chi connectivity index (χ4n) is 4.02. The number of hydrogen-bond acceptors (Lipinski definition) is 5. The molecule has 0 spiro atoms. The molecule has 0 saturated heterocycles. The molecule has 0 aliphatic heterocycles. The molecule has 182 valence electrons. The number of furan rings is 1. The third-order valence-electron chi connectivity index (χ3n) is 5.75. The highest BCUT2D eigenvalue weighted by Crippen LogP contribution is 2.26. The van der Waals surface area contributed by atoms with E-state index in [1.165, 1.54) is 19.2 Å². The summed E-state index contributed by atoms with van der Waals surface area (Å²) in [5, 5.41) is 3.13. The molecular weight excluding hydrogens is 489 g/mol. The van der Waals surface area contributed by atoms with E-state index in [4.69, 9.17) is 20.8 Å². The van der Waals surface area contributed by atoms with Crippen molar-refractivity contribution in [2.24, 2.45) is 0 Å². The van der Waals surface area contributed by atoms with E-state index >= 15 is 0 Å². The summed E-state index contributed by atoms with van der Waals surface area (Å²) in [5.41, 5.74) is -0.219. The fraction of sp³-hybridized carbons (Fsp3) is 0.115. The van der Waals surface area contributed by atoms with Crippen LogP contribution in [0, 0.1) is 5.82 Å². The van der Waals surface area contributed by atoms with E-state index in [-0.39, 0.29) is 28.4 Å². The molecule has 1 amide bonds. The van der Waals surface area contributed by atoms with E-state index in [0.717, 1.165) is 15.2 Å². The average Bonchev–Trinajstić information content (AvgIpc) is 3.26. The van der Waals surface area contributed by atoms with Crippen LogP contribution in [-0.4, -0.2) is 22.2 Å². The highest BCUT2D eigenvalue weighted by molar-refractivity contribution is 6.30. The molecule has 0 aliphatic rings. The van der Waals surface area contributed by atoms with Crippen molar-refractivity contribution >= 4 is 45.3 Å². The van der Waals surface area contributed by atoms with Gasteiger partial charge < -0.3 is 14.5 Å². The van der Waals surface area contributed by atoms with E-state index in [1.807, 2.05) is 0 Å². The molecule has 8 nitrogen and oxygen atoms in total. The van der Waals surface area contributed by atoms with Gasteiger partial charge in [-0.2, -0.15) is 0 Å².